The molecule has 158 valence electrons. The van der Waals surface area contributed by atoms with Crippen molar-refractivity contribution in [2.75, 3.05) is 0 Å². The van der Waals surface area contributed by atoms with Crippen molar-refractivity contribution in [3.05, 3.63) is 58.7 Å². The minimum Gasteiger partial charge on any atom is -0.250 e. The summed E-state index contributed by atoms with van der Waals surface area (Å²) in [6.07, 6.45) is 6.24. The number of unbranched alkanes of at least 4 members (excludes halogenated alkanes) is 3. The van der Waals surface area contributed by atoms with Gasteiger partial charge in [0.15, 0.2) is 0 Å². The number of aryl methyl sites for hydroxylation is 4. The van der Waals surface area contributed by atoms with Gasteiger partial charge in [0.1, 0.15) is 5.71 Å². The molecule has 0 saturated carbocycles. The summed E-state index contributed by atoms with van der Waals surface area (Å²) in [6.45, 7) is 12.9. The molecule has 0 fully saturated rings. The molecule has 2 aromatic rings. The Bertz CT molecular complexity index is 927. The highest BCUT2D eigenvalue weighted by atomic mass is 14.8. The van der Waals surface area contributed by atoms with Gasteiger partial charge in [0.25, 0.3) is 0 Å². The van der Waals surface area contributed by atoms with E-state index < -0.39 is 0 Å². The third-order valence-corrected chi connectivity index (χ3v) is 4.82. The van der Waals surface area contributed by atoms with E-state index in [1.807, 2.05) is 0 Å². The van der Waals surface area contributed by atoms with Gasteiger partial charge in [0.05, 0.1) is 17.1 Å². The van der Waals surface area contributed by atoms with Gasteiger partial charge in [-0.15, -0.1) is 0 Å². The molecule has 2 heteroatoms. The Morgan fingerprint density at radius 2 is 1.20 bits per heavy atom. The number of hydrogen-bond acceptors (Lipinski definition) is 2. The lowest BCUT2D eigenvalue weighted by atomic mass is 10.1. The summed E-state index contributed by atoms with van der Waals surface area (Å²) >= 11 is 0. The predicted molar refractivity (Wildman–Crippen MR) is 133 cm³/mol. The van der Waals surface area contributed by atoms with Crippen molar-refractivity contribution in [3.8, 4) is 11.8 Å². The molecule has 0 unspecified atom stereocenters. The van der Waals surface area contributed by atoms with Crippen molar-refractivity contribution in [1.82, 2.24) is 0 Å². The maximum Gasteiger partial charge on any atom is 0.135 e. The molecule has 0 N–H and O–H groups in total. The lowest BCUT2D eigenvalue weighted by Crippen LogP contribution is -2.12. The summed E-state index contributed by atoms with van der Waals surface area (Å²) in [5.74, 6) is 6.71. The monoisotopic (exact) mass is 400 g/mol. The first-order chi connectivity index (χ1) is 14.4. The van der Waals surface area contributed by atoms with Gasteiger partial charge < -0.3 is 0 Å². The van der Waals surface area contributed by atoms with Crippen LogP contribution in [0.3, 0.4) is 0 Å². The maximum atomic E-state index is 5.04. The molecule has 2 aromatic carbocycles. The number of hydrogen-bond donors (Lipinski definition) is 0. The van der Waals surface area contributed by atoms with Gasteiger partial charge in [-0.25, -0.2) is 4.99 Å². The summed E-state index contributed by atoms with van der Waals surface area (Å²) in [6, 6.07) is 12.9. The van der Waals surface area contributed by atoms with Gasteiger partial charge >= 0.3 is 0 Å². The van der Waals surface area contributed by atoms with Crippen molar-refractivity contribution < 1.29 is 0 Å². The van der Waals surface area contributed by atoms with Crippen LogP contribution in [-0.4, -0.2) is 11.4 Å². The zero-order valence-electron chi connectivity index (χ0n) is 19.6. The smallest absolute Gasteiger partial charge is 0.135 e. The van der Waals surface area contributed by atoms with Crippen molar-refractivity contribution >= 4 is 22.8 Å². The first-order valence-corrected chi connectivity index (χ1v) is 11.2. The van der Waals surface area contributed by atoms with Crippen molar-refractivity contribution in [3.63, 3.8) is 0 Å². The molecule has 0 saturated heterocycles. The molecule has 0 aliphatic heterocycles. The van der Waals surface area contributed by atoms with Gasteiger partial charge in [0, 0.05) is 6.42 Å². The van der Waals surface area contributed by atoms with Crippen LogP contribution in [0.4, 0.5) is 11.4 Å². The highest BCUT2D eigenvalue weighted by Crippen LogP contribution is 2.21. The number of rotatable bonds is 8. The quantitative estimate of drug-likeness (QED) is 0.243. The fourth-order valence-electron chi connectivity index (χ4n) is 3.46. The Hall–Kier alpha value is -2.66. The summed E-state index contributed by atoms with van der Waals surface area (Å²) in [4.78, 5) is 10.0. The summed E-state index contributed by atoms with van der Waals surface area (Å²) in [5.41, 5.74) is 8.63. The fourth-order valence-corrected chi connectivity index (χ4v) is 3.46. The van der Waals surface area contributed by atoms with Gasteiger partial charge in [-0.2, -0.15) is 0 Å². The molecule has 0 heterocycles. The van der Waals surface area contributed by atoms with Gasteiger partial charge in [-0.1, -0.05) is 44.7 Å². The summed E-state index contributed by atoms with van der Waals surface area (Å²) < 4.78 is 0. The predicted octanol–water partition coefficient (Wildman–Crippen LogP) is 8.15. The zero-order chi connectivity index (χ0) is 21.9. The average molecular weight is 401 g/mol. The van der Waals surface area contributed by atoms with Crippen molar-refractivity contribution in [2.24, 2.45) is 9.98 Å². The highest BCUT2D eigenvalue weighted by molar-refractivity contribution is 6.49. The largest absolute Gasteiger partial charge is 0.250 e. The van der Waals surface area contributed by atoms with Crippen LogP contribution in [-0.2, 0) is 0 Å². The van der Waals surface area contributed by atoms with Crippen LogP contribution in [0.25, 0.3) is 0 Å². The first-order valence-electron chi connectivity index (χ1n) is 11.2. The molecule has 0 aliphatic carbocycles. The standard InChI is InChI=1S/C28H36N2/c1-7-9-11-12-14-28(30-26-19-23(5)16-24(6)20-26)27(13-10-8-2)29-25-17-21(3)15-22(4)18-25/h15-20H,7-11,13H2,1-6H3. The van der Waals surface area contributed by atoms with E-state index in [4.69, 9.17) is 9.98 Å². The van der Waals surface area contributed by atoms with E-state index in [-0.39, 0.29) is 0 Å². The van der Waals surface area contributed by atoms with E-state index >= 15 is 0 Å². The molecular formula is C28H36N2. The second-order valence-corrected chi connectivity index (χ2v) is 8.22. The fraction of sp³-hybridized carbons (Fsp3) is 0.429. The summed E-state index contributed by atoms with van der Waals surface area (Å²) in [5, 5.41) is 0. The molecule has 30 heavy (non-hydrogen) atoms. The second kappa shape index (κ2) is 12.1. The second-order valence-electron chi connectivity index (χ2n) is 8.22. The average Bonchev–Trinajstić information content (AvgIpc) is 2.66. The number of benzene rings is 2. The lowest BCUT2D eigenvalue weighted by Gasteiger charge is -2.08. The van der Waals surface area contributed by atoms with E-state index in [2.05, 4.69) is 89.8 Å². The molecule has 0 aromatic heterocycles. The number of nitrogens with zero attached hydrogens (tertiary/aromatic N) is 2. The van der Waals surface area contributed by atoms with Crippen LogP contribution < -0.4 is 0 Å². The van der Waals surface area contributed by atoms with Crippen molar-refractivity contribution in [1.29, 1.82) is 0 Å². The molecule has 0 bridgehead atoms. The van der Waals surface area contributed by atoms with Crippen LogP contribution in [0.15, 0.2) is 46.4 Å². The topological polar surface area (TPSA) is 24.7 Å². The third-order valence-electron chi connectivity index (χ3n) is 4.82. The minimum atomic E-state index is 0.809. The molecular weight excluding hydrogens is 364 g/mol. The Morgan fingerprint density at radius 1 is 0.700 bits per heavy atom. The SMILES string of the molecule is CCCCC#CC(=Nc1cc(C)cc(C)c1)C(CCCC)=Nc1cc(C)cc(C)c1. The van der Waals surface area contributed by atoms with Crippen LogP contribution in [0, 0.1) is 39.5 Å². The van der Waals surface area contributed by atoms with E-state index in [1.165, 1.54) is 22.3 Å². The van der Waals surface area contributed by atoms with E-state index in [0.717, 1.165) is 61.3 Å². The van der Waals surface area contributed by atoms with Crippen LogP contribution in [0.5, 0.6) is 0 Å². The first kappa shape index (κ1) is 23.6. The van der Waals surface area contributed by atoms with Gasteiger partial charge in [0.2, 0.25) is 0 Å². The zero-order valence-corrected chi connectivity index (χ0v) is 19.6. The van der Waals surface area contributed by atoms with E-state index in [0.29, 0.717) is 0 Å². The molecule has 2 rings (SSSR count). The normalized spacial score (nSPS) is 11.9. The van der Waals surface area contributed by atoms with Crippen molar-refractivity contribution in [2.45, 2.75) is 80.1 Å². The Morgan fingerprint density at radius 3 is 1.70 bits per heavy atom. The van der Waals surface area contributed by atoms with E-state index in [1.54, 1.807) is 0 Å². The molecule has 0 amide bonds. The van der Waals surface area contributed by atoms with E-state index in [9.17, 15) is 0 Å². The lowest BCUT2D eigenvalue weighted by molar-refractivity contribution is 0.828. The van der Waals surface area contributed by atoms with Gasteiger partial charge in [-0.3, -0.25) is 4.99 Å². The Kier molecular flexibility index (Phi) is 9.55. The van der Waals surface area contributed by atoms with Crippen LogP contribution in [0.2, 0.25) is 0 Å². The van der Waals surface area contributed by atoms with Crippen LogP contribution in [0.1, 0.15) is 74.6 Å². The molecule has 0 radical (unpaired) electrons. The Labute approximate surface area is 183 Å². The Balaban J connectivity index is 2.56. The van der Waals surface area contributed by atoms with Gasteiger partial charge in [-0.05, 0) is 99.4 Å². The number of aliphatic imine (C=N–C) groups is 2. The maximum absolute atomic E-state index is 5.04. The van der Waals surface area contributed by atoms with Crippen LogP contribution >= 0.6 is 0 Å². The molecule has 2 nitrogen and oxygen atoms in total. The molecule has 0 atom stereocenters. The molecule has 0 aliphatic rings. The minimum absolute atomic E-state index is 0.809. The third kappa shape index (κ3) is 7.99. The summed E-state index contributed by atoms with van der Waals surface area (Å²) in [7, 11) is 0. The highest BCUT2D eigenvalue weighted by Gasteiger charge is 2.09. The molecule has 0 spiro atoms.